The lowest BCUT2D eigenvalue weighted by molar-refractivity contribution is -0.133. The number of amides is 2. The van der Waals surface area contributed by atoms with Crippen molar-refractivity contribution in [2.45, 2.75) is 18.9 Å². The zero-order valence-corrected chi connectivity index (χ0v) is 15.9. The Labute approximate surface area is 159 Å². The SMILES string of the molecule is COC(CN)CC(=O)N1CCCN(C(=O)c2ccc(Cl)cc2)CC1.Cl. The highest BCUT2D eigenvalue weighted by Crippen LogP contribution is 2.14. The maximum Gasteiger partial charge on any atom is 0.253 e. The summed E-state index contributed by atoms with van der Waals surface area (Å²) in [6.45, 7) is 2.64. The number of methoxy groups -OCH3 is 1. The summed E-state index contributed by atoms with van der Waals surface area (Å²) in [6, 6.07) is 6.87. The van der Waals surface area contributed by atoms with Crippen LogP contribution in [-0.4, -0.2) is 67.6 Å². The van der Waals surface area contributed by atoms with E-state index >= 15 is 0 Å². The third-order valence-corrected chi connectivity index (χ3v) is 4.48. The molecule has 0 bridgehead atoms. The molecule has 0 aliphatic carbocycles. The van der Waals surface area contributed by atoms with Crippen molar-refractivity contribution in [2.24, 2.45) is 5.73 Å². The first-order chi connectivity index (χ1) is 11.5. The molecule has 25 heavy (non-hydrogen) atoms. The average Bonchev–Trinajstić information content (AvgIpc) is 2.85. The maximum atomic E-state index is 12.6. The monoisotopic (exact) mass is 389 g/mol. The second-order valence-electron chi connectivity index (χ2n) is 5.83. The predicted molar refractivity (Wildman–Crippen MR) is 100 cm³/mol. The number of ether oxygens (including phenoxy) is 1. The van der Waals surface area contributed by atoms with E-state index in [-0.39, 0.29) is 36.7 Å². The van der Waals surface area contributed by atoms with E-state index in [4.69, 9.17) is 22.1 Å². The smallest absolute Gasteiger partial charge is 0.253 e. The van der Waals surface area contributed by atoms with Crippen molar-refractivity contribution >= 4 is 35.8 Å². The van der Waals surface area contributed by atoms with Crippen LogP contribution in [0.5, 0.6) is 0 Å². The van der Waals surface area contributed by atoms with Crippen LogP contribution < -0.4 is 5.73 Å². The van der Waals surface area contributed by atoms with Crippen LogP contribution in [0.2, 0.25) is 5.02 Å². The lowest BCUT2D eigenvalue weighted by Gasteiger charge is -2.23. The normalized spacial score (nSPS) is 16.0. The van der Waals surface area contributed by atoms with Gasteiger partial charge in [-0.15, -0.1) is 12.4 Å². The summed E-state index contributed by atoms with van der Waals surface area (Å²) in [5.74, 6) is -0.00853. The number of carbonyl (C=O) groups is 2. The fourth-order valence-electron chi connectivity index (χ4n) is 2.73. The summed E-state index contributed by atoms with van der Waals surface area (Å²) in [5, 5.41) is 0.604. The van der Waals surface area contributed by atoms with E-state index < -0.39 is 0 Å². The molecule has 2 amide bonds. The largest absolute Gasteiger partial charge is 0.380 e. The predicted octanol–water partition coefficient (Wildman–Crippen LogP) is 1.80. The molecule has 1 fully saturated rings. The number of rotatable bonds is 5. The quantitative estimate of drug-likeness (QED) is 0.832. The highest BCUT2D eigenvalue weighted by atomic mass is 35.5. The molecule has 1 aromatic rings. The van der Waals surface area contributed by atoms with Crippen LogP contribution in [-0.2, 0) is 9.53 Å². The summed E-state index contributed by atoms with van der Waals surface area (Å²) < 4.78 is 5.17. The van der Waals surface area contributed by atoms with Gasteiger partial charge >= 0.3 is 0 Å². The third kappa shape index (κ3) is 6.15. The van der Waals surface area contributed by atoms with Crippen LogP contribution in [0.1, 0.15) is 23.2 Å². The van der Waals surface area contributed by atoms with Crippen molar-refractivity contribution in [3.8, 4) is 0 Å². The molecule has 140 valence electrons. The molecule has 1 aliphatic rings. The van der Waals surface area contributed by atoms with E-state index in [9.17, 15) is 9.59 Å². The van der Waals surface area contributed by atoms with Crippen LogP contribution in [0.15, 0.2) is 24.3 Å². The Morgan fingerprint density at radius 3 is 2.36 bits per heavy atom. The summed E-state index contributed by atoms with van der Waals surface area (Å²) in [4.78, 5) is 28.5. The van der Waals surface area contributed by atoms with Crippen molar-refractivity contribution in [2.75, 3.05) is 39.8 Å². The Morgan fingerprint density at radius 1 is 1.16 bits per heavy atom. The van der Waals surface area contributed by atoms with Gasteiger partial charge in [-0.1, -0.05) is 11.6 Å². The number of carbonyl (C=O) groups excluding carboxylic acids is 2. The number of hydrogen-bond donors (Lipinski definition) is 1. The highest BCUT2D eigenvalue weighted by molar-refractivity contribution is 6.30. The van der Waals surface area contributed by atoms with Gasteiger partial charge in [0, 0.05) is 50.4 Å². The molecule has 2 rings (SSSR count). The van der Waals surface area contributed by atoms with E-state index in [0.717, 1.165) is 6.42 Å². The van der Waals surface area contributed by atoms with Gasteiger partial charge in [0.05, 0.1) is 12.5 Å². The first-order valence-corrected chi connectivity index (χ1v) is 8.48. The van der Waals surface area contributed by atoms with E-state index in [2.05, 4.69) is 0 Å². The number of nitrogens with zero attached hydrogens (tertiary/aromatic N) is 2. The Balaban J connectivity index is 0.00000312. The Kier molecular flexibility index (Phi) is 9.21. The zero-order chi connectivity index (χ0) is 17.5. The molecule has 1 unspecified atom stereocenters. The average molecular weight is 390 g/mol. The van der Waals surface area contributed by atoms with Gasteiger partial charge < -0.3 is 20.3 Å². The third-order valence-electron chi connectivity index (χ3n) is 4.23. The number of hydrogen-bond acceptors (Lipinski definition) is 4. The molecule has 0 aromatic heterocycles. The molecule has 1 saturated heterocycles. The van der Waals surface area contributed by atoms with Gasteiger partial charge in [-0.3, -0.25) is 9.59 Å². The van der Waals surface area contributed by atoms with Gasteiger partial charge in [-0.2, -0.15) is 0 Å². The van der Waals surface area contributed by atoms with Crippen molar-refractivity contribution < 1.29 is 14.3 Å². The summed E-state index contributed by atoms with van der Waals surface area (Å²) in [5.41, 5.74) is 6.18. The molecule has 1 aromatic carbocycles. The van der Waals surface area contributed by atoms with Gasteiger partial charge in [0.15, 0.2) is 0 Å². The molecular weight excluding hydrogens is 365 g/mol. The van der Waals surface area contributed by atoms with Gasteiger partial charge in [0.1, 0.15) is 0 Å². The first-order valence-electron chi connectivity index (χ1n) is 8.10. The second kappa shape index (κ2) is 10.6. The standard InChI is InChI=1S/C17H24ClN3O3.ClH/c1-24-15(12-19)11-16(22)20-7-2-8-21(10-9-20)17(23)13-3-5-14(18)6-4-13;/h3-6,15H,2,7-12,19H2,1H3;1H. The van der Waals surface area contributed by atoms with Crippen molar-refractivity contribution in [3.63, 3.8) is 0 Å². The second-order valence-corrected chi connectivity index (χ2v) is 6.27. The first kappa shape index (κ1) is 21.7. The van der Waals surface area contributed by atoms with Crippen LogP contribution in [0.25, 0.3) is 0 Å². The molecular formula is C17H25Cl2N3O3. The molecule has 1 aliphatic heterocycles. The summed E-state index contributed by atoms with van der Waals surface area (Å²) >= 11 is 5.86. The van der Waals surface area contributed by atoms with Crippen molar-refractivity contribution in [1.29, 1.82) is 0 Å². The number of benzene rings is 1. The number of halogens is 2. The van der Waals surface area contributed by atoms with E-state index in [1.807, 2.05) is 0 Å². The molecule has 0 radical (unpaired) electrons. The van der Waals surface area contributed by atoms with Crippen LogP contribution in [0.4, 0.5) is 0 Å². The van der Waals surface area contributed by atoms with Gasteiger partial charge in [0.2, 0.25) is 5.91 Å². The topological polar surface area (TPSA) is 75.9 Å². The van der Waals surface area contributed by atoms with Gasteiger partial charge in [-0.05, 0) is 30.7 Å². The fraction of sp³-hybridized carbons (Fsp3) is 0.529. The maximum absolute atomic E-state index is 12.6. The number of nitrogens with two attached hydrogens (primary N) is 1. The minimum Gasteiger partial charge on any atom is -0.380 e. The van der Waals surface area contributed by atoms with Crippen molar-refractivity contribution in [3.05, 3.63) is 34.9 Å². The van der Waals surface area contributed by atoms with Gasteiger partial charge in [0.25, 0.3) is 5.91 Å². The lowest BCUT2D eigenvalue weighted by Crippen LogP contribution is -2.39. The molecule has 0 spiro atoms. The van der Waals surface area contributed by atoms with Crippen LogP contribution >= 0.6 is 24.0 Å². The lowest BCUT2D eigenvalue weighted by atomic mass is 10.2. The highest BCUT2D eigenvalue weighted by Gasteiger charge is 2.24. The Morgan fingerprint density at radius 2 is 1.76 bits per heavy atom. The molecule has 8 heteroatoms. The van der Waals surface area contributed by atoms with E-state index in [0.29, 0.717) is 43.3 Å². The van der Waals surface area contributed by atoms with E-state index in [1.54, 1.807) is 41.2 Å². The van der Waals surface area contributed by atoms with Crippen LogP contribution in [0, 0.1) is 0 Å². The minimum absolute atomic E-state index is 0. The van der Waals surface area contributed by atoms with Crippen LogP contribution in [0.3, 0.4) is 0 Å². The summed E-state index contributed by atoms with van der Waals surface area (Å²) in [7, 11) is 1.56. The molecule has 6 nitrogen and oxygen atoms in total. The fourth-order valence-corrected chi connectivity index (χ4v) is 2.86. The Bertz CT molecular complexity index is 565. The Hall–Kier alpha value is -1.34. The molecule has 1 atom stereocenters. The zero-order valence-electron chi connectivity index (χ0n) is 14.3. The van der Waals surface area contributed by atoms with E-state index in [1.165, 1.54) is 0 Å². The molecule has 1 heterocycles. The van der Waals surface area contributed by atoms with Gasteiger partial charge in [-0.25, -0.2) is 0 Å². The minimum atomic E-state index is -0.257. The summed E-state index contributed by atoms with van der Waals surface area (Å²) in [6.07, 6.45) is 0.774. The molecule has 2 N–H and O–H groups in total. The van der Waals surface area contributed by atoms with Crippen molar-refractivity contribution in [1.82, 2.24) is 9.80 Å². The molecule has 0 saturated carbocycles.